The molecule has 6 nitrogen and oxygen atoms in total. The number of carboxylic acids is 1. The van der Waals surface area contributed by atoms with E-state index in [0.29, 0.717) is 5.56 Å². The van der Waals surface area contributed by atoms with Gasteiger partial charge in [-0.3, -0.25) is 10.1 Å². The van der Waals surface area contributed by atoms with E-state index >= 15 is 0 Å². The molecule has 6 heteroatoms. The average molecular weight is 218 g/mol. The highest BCUT2D eigenvalue weighted by atomic mass is 16.6. The molecule has 80 valence electrons. The van der Waals surface area contributed by atoms with Gasteiger partial charge in [0.05, 0.1) is 10.5 Å². The van der Waals surface area contributed by atoms with Crippen molar-refractivity contribution in [2.75, 3.05) is 0 Å². The SMILES string of the molecule is N#Cc1cc([N+](=O)[O-])ccc1C=CC(=O)O. The van der Waals surface area contributed by atoms with Crippen molar-refractivity contribution in [3.05, 3.63) is 45.5 Å². The third kappa shape index (κ3) is 2.65. The Labute approximate surface area is 90.2 Å². The molecule has 16 heavy (non-hydrogen) atoms. The van der Waals surface area contributed by atoms with Gasteiger partial charge in [0.2, 0.25) is 0 Å². The van der Waals surface area contributed by atoms with E-state index in [1.807, 2.05) is 0 Å². The smallest absolute Gasteiger partial charge is 0.328 e. The normalized spacial score (nSPS) is 9.94. The van der Waals surface area contributed by atoms with Gasteiger partial charge >= 0.3 is 5.97 Å². The fourth-order valence-electron chi connectivity index (χ4n) is 1.06. The lowest BCUT2D eigenvalue weighted by molar-refractivity contribution is -0.384. The van der Waals surface area contributed by atoms with Gasteiger partial charge in [0.25, 0.3) is 5.69 Å². The molecule has 1 rings (SSSR count). The van der Waals surface area contributed by atoms with Gasteiger partial charge in [-0.1, -0.05) is 0 Å². The zero-order valence-electron chi connectivity index (χ0n) is 7.95. The Balaban J connectivity index is 3.18. The molecule has 0 unspecified atom stereocenters. The maximum Gasteiger partial charge on any atom is 0.328 e. The number of hydrogen-bond donors (Lipinski definition) is 1. The molecule has 0 fully saturated rings. The van der Waals surface area contributed by atoms with E-state index in [1.165, 1.54) is 18.2 Å². The van der Waals surface area contributed by atoms with Gasteiger partial charge in [0, 0.05) is 18.2 Å². The minimum absolute atomic E-state index is 0.0618. The quantitative estimate of drug-likeness (QED) is 0.471. The van der Waals surface area contributed by atoms with Crippen molar-refractivity contribution in [2.45, 2.75) is 0 Å². The Hall–Kier alpha value is -2.68. The first-order valence-corrected chi connectivity index (χ1v) is 4.14. The molecular formula is C10H6N2O4. The number of hydrogen-bond acceptors (Lipinski definition) is 4. The van der Waals surface area contributed by atoms with Crippen LogP contribution in [0.2, 0.25) is 0 Å². The summed E-state index contributed by atoms with van der Waals surface area (Å²) in [5.41, 5.74) is 0.186. The Morgan fingerprint density at radius 2 is 2.25 bits per heavy atom. The second-order valence-corrected chi connectivity index (χ2v) is 2.81. The monoisotopic (exact) mass is 218 g/mol. The summed E-state index contributed by atoms with van der Waals surface area (Å²) in [5.74, 6) is -1.15. The first kappa shape index (κ1) is 11.4. The van der Waals surface area contributed by atoms with Gasteiger partial charge in [-0.15, -0.1) is 0 Å². The lowest BCUT2D eigenvalue weighted by Gasteiger charge is -1.97. The van der Waals surface area contributed by atoms with Crippen molar-refractivity contribution >= 4 is 17.7 Å². The van der Waals surface area contributed by atoms with Gasteiger partial charge in [-0.25, -0.2) is 4.79 Å². The summed E-state index contributed by atoms with van der Waals surface area (Å²) in [5, 5.41) is 27.6. The summed E-state index contributed by atoms with van der Waals surface area (Å²) in [6.07, 6.45) is 2.08. The number of nitro benzene ring substituents is 1. The number of aliphatic carboxylic acids is 1. The van der Waals surface area contributed by atoms with Crippen LogP contribution in [-0.4, -0.2) is 16.0 Å². The fourth-order valence-corrected chi connectivity index (χ4v) is 1.06. The molecule has 1 aromatic rings. The van der Waals surface area contributed by atoms with Crippen LogP contribution >= 0.6 is 0 Å². The highest BCUT2D eigenvalue weighted by Gasteiger charge is 2.08. The lowest BCUT2D eigenvalue weighted by atomic mass is 10.1. The molecule has 0 heterocycles. The summed E-state index contributed by atoms with van der Waals surface area (Å²) in [6, 6.07) is 5.40. The third-order valence-corrected chi connectivity index (χ3v) is 1.77. The van der Waals surface area contributed by atoms with E-state index in [2.05, 4.69) is 0 Å². The number of rotatable bonds is 3. The van der Waals surface area contributed by atoms with E-state index < -0.39 is 10.9 Å². The largest absolute Gasteiger partial charge is 0.478 e. The summed E-state index contributed by atoms with van der Waals surface area (Å²) in [6.45, 7) is 0. The van der Waals surface area contributed by atoms with E-state index in [0.717, 1.165) is 12.1 Å². The van der Waals surface area contributed by atoms with Gasteiger partial charge in [0.1, 0.15) is 6.07 Å². The molecule has 1 aromatic carbocycles. The highest BCUT2D eigenvalue weighted by Crippen LogP contribution is 2.18. The molecule has 0 aromatic heterocycles. The van der Waals surface area contributed by atoms with Crippen molar-refractivity contribution in [3.63, 3.8) is 0 Å². The van der Waals surface area contributed by atoms with Gasteiger partial charge < -0.3 is 5.11 Å². The van der Waals surface area contributed by atoms with Crippen LogP contribution in [0.25, 0.3) is 6.08 Å². The van der Waals surface area contributed by atoms with Crippen LogP contribution < -0.4 is 0 Å². The van der Waals surface area contributed by atoms with Crippen LogP contribution in [0, 0.1) is 21.4 Å². The Morgan fingerprint density at radius 1 is 1.56 bits per heavy atom. The Morgan fingerprint density at radius 3 is 2.75 bits per heavy atom. The summed E-state index contributed by atoms with van der Waals surface area (Å²) in [4.78, 5) is 20.1. The topological polar surface area (TPSA) is 104 Å². The fraction of sp³-hybridized carbons (Fsp3) is 0. The predicted octanol–water partition coefficient (Wildman–Crippen LogP) is 1.56. The van der Waals surface area contributed by atoms with E-state index in [9.17, 15) is 14.9 Å². The zero-order chi connectivity index (χ0) is 12.1. The molecule has 0 aliphatic carbocycles. The van der Waals surface area contributed by atoms with Crippen LogP contribution in [0.4, 0.5) is 5.69 Å². The Bertz CT molecular complexity index is 514. The second-order valence-electron chi connectivity index (χ2n) is 2.81. The number of carbonyl (C=O) groups is 1. The molecule has 0 amide bonds. The summed E-state index contributed by atoms with van der Waals surface area (Å²) < 4.78 is 0. The Kier molecular flexibility index (Phi) is 3.35. The zero-order valence-corrected chi connectivity index (χ0v) is 7.95. The molecule has 0 spiro atoms. The molecule has 0 saturated carbocycles. The number of nitriles is 1. The average Bonchev–Trinajstić information content (AvgIpc) is 2.25. The number of nitrogens with zero attached hydrogens (tertiary/aromatic N) is 2. The van der Waals surface area contributed by atoms with Gasteiger partial charge in [0.15, 0.2) is 0 Å². The van der Waals surface area contributed by atoms with E-state index in [1.54, 1.807) is 6.07 Å². The van der Waals surface area contributed by atoms with Gasteiger partial charge in [-0.05, 0) is 17.7 Å². The van der Waals surface area contributed by atoms with Crippen LogP contribution in [0.3, 0.4) is 0 Å². The number of non-ortho nitro benzene ring substituents is 1. The number of benzene rings is 1. The second kappa shape index (κ2) is 4.70. The van der Waals surface area contributed by atoms with Crippen LogP contribution in [0.1, 0.15) is 11.1 Å². The highest BCUT2D eigenvalue weighted by molar-refractivity contribution is 5.86. The maximum absolute atomic E-state index is 10.4. The minimum atomic E-state index is -1.15. The van der Waals surface area contributed by atoms with Crippen LogP contribution in [0.15, 0.2) is 24.3 Å². The molecule has 1 N–H and O–H groups in total. The molecule has 0 aliphatic rings. The number of carboxylic acid groups (broad SMARTS) is 1. The van der Waals surface area contributed by atoms with Crippen molar-refractivity contribution < 1.29 is 14.8 Å². The molecule has 0 saturated heterocycles. The lowest BCUT2D eigenvalue weighted by Crippen LogP contribution is -1.91. The van der Waals surface area contributed by atoms with Crippen molar-refractivity contribution in [1.82, 2.24) is 0 Å². The molecule has 0 radical (unpaired) electrons. The summed E-state index contributed by atoms with van der Waals surface area (Å²) in [7, 11) is 0. The van der Waals surface area contributed by atoms with E-state index in [4.69, 9.17) is 10.4 Å². The van der Waals surface area contributed by atoms with Crippen molar-refractivity contribution in [2.24, 2.45) is 0 Å². The third-order valence-electron chi connectivity index (χ3n) is 1.77. The van der Waals surface area contributed by atoms with Crippen molar-refractivity contribution in [1.29, 1.82) is 5.26 Å². The number of nitro groups is 1. The molecule has 0 aliphatic heterocycles. The predicted molar refractivity (Wildman–Crippen MR) is 54.5 cm³/mol. The summed E-state index contributed by atoms with van der Waals surface area (Å²) >= 11 is 0. The van der Waals surface area contributed by atoms with Crippen LogP contribution in [0.5, 0.6) is 0 Å². The minimum Gasteiger partial charge on any atom is -0.478 e. The molecular weight excluding hydrogens is 212 g/mol. The molecule has 0 atom stereocenters. The van der Waals surface area contributed by atoms with Crippen LogP contribution in [-0.2, 0) is 4.79 Å². The van der Waals surface area contributed by atoms with E-state index in [-0.39, 0.29) is 11.3 Å². The first-order chi connectivity index (χ1) is 7.54. The standard InChI is InChI=1S/C10H6N2O4/c11-6-8-5-9(12(15)16)3-1-7(8)2-4-10(13)14/h1-5H,(H,13,14). The van der Waals surface area contributed by atoms with Gasteiger partial charge in [-0.2, -0.15) is 5.26 Å². The maximum atomic E-state index is 10.4. The molecule has 0 bridgehead atoms. The first-order valence-electron chi connectivity index (χ1n) is 4.14. The van der Waals surface area contributed by atoms with Crippen molar-refractivity contribution in [3.8, 4) is 6.07 Å².